The fraction of sp³-hybridized carbons (Fsp3) is 0.769. The molecule has 0 atom stereocenters. The van der Waals surface area contributed by atoms with Crippen LogP contribution in [-0.2, 0) is 9.84 Å². The van der Waals surface area contributed by atoms with E-state index in [-0.39, 0.29) is 10.5 Å². The lowest BCUT2D eigenvalue weighted by Crippen LogP contribution is -2.44. The van der Waals surface area contributed by atoms with Crippen LogP contribution in [-0.4, -0.2) is 20.1 Å². The molecule has 1 aromatic rings. The van der Waals surface area contributed by atoms with Gasteiger partial charge in [-0.2, -0.15) is 0 Å². The smallest absolute Gasteiger partial charge is 0.222 e. The van der Waals surface area contributed by atoms with Crippen LogP contribution in [0.3, 0.4) is 0 Å². The minimum absolute atomic E-state index is 0.184. The number of nitrogens with two attached hydrogens (primary N) is 1. The van der Waals surface area contributed by atoms with Crippen LogP contribution in [0.4, 0.5) is 5.88 Å². The van der Waals surface area contributed by atoms with E-state index in [9.17, 15) is 0 Å². The molecule has 0 aliphatic rings. The van der Waals surface area contributed by atoms with Crippen LogP contribution in [0.5, 0.6) is 0 Å². The normalized spacial score (nSPS) is 13.9. The van der Waals surface area contributed by atoms with Gasteiger partial charge in [0, 0.05) is 18.1 Å². The van der Waals surface area contributed by atoms with Gasteiger partial charge in [0.1, 0.15) is 0 Å². The molecule has 0 aromatic carbocycles. The zero-order chi connectivity index (χ0) is 14.2. The van der Waals surface area contributed by atoms with Crippen LogP contribution in [0.1, 0.15) is 40.3 Å². The molecule has 0 radical (unpaired) electrons. The van der Waals surface area contributed by atoms with Gasteiger partial charge in [-0.25, -0.2) is 0 Å². The van der Waals surface area contributed by atoms with Crippen LogP contribution < -0.4 is 5.73 Å². The van der Waals surface area contributed by atoms with Crippen LogP contribution in [0.25, 0.3) is 0 Å². The van der Waals surface area contributed by atoms with Crippen LogP contribution in [0, 0.1) is 0 Å². The van der Waals surface area contributed by atoms with E-state index in [0.29, 0.717) is 12.5 Å². The molecule has 18 heavy (non-hydrogen) atoms. The van der Waals surface area contributed by atoms with Gasteiger partial charge in [0.2, 0.25) is 5.88 Å². The number of aromatic nitrogens is 1. The van der Waals surface area contributed by atoms with E-state index in [4.69, 9.17) is 14.7 Å². The maximum Gasteiger partial charge on any atom is 0.222 e. The Morgan fingerprint density at radius 1 is 1.28 bits per heavy atom. The lowest BCUT2D eigenvalue weighted by molar-refractivity contribution is 0.213. The number of hydrogen-bond acceptors (Lipinski definition) is 4. The topological polar surface area (TPSA) is 61.3 Å². The van der Waals surface area contributed by atoms with Gasteiger partial charge >= 0.3 is 0 Å². The van der Waals surface area contributed by atoms with Gasteiger partial charge in [0.15, 0.2) is 8.32 Å². The summed E-state index contributed by atoms with van der Waals surface area (Å²) in [4.78, 5) is 0. The zero-order valence-electron chi connectivity index (χ0n) is 12.6. The Labute approximate surface area is 111 Å². The molecule has 2 N–H and O–H groups in total. The summed E-state index contributed by atoms with van der Waals surface area (Å²) in [5.74, 6) is 0.352. The summed E-state index contributed by atoms with van der Waals surface area (Å²) < 4.78 is 11.2. The Balaban J connectivity index is 2.74. The van der Waals surface area contributed by atoms with Gasteiger partial charge in [-0.1, -0.05) is 39.8 Å². The molecule has 0 unspecified atom stereocenters. The van der Waals surface area contributed by atoms with E-state index in [1.165, 1.54) is 0 Å². The summed E-state index contributed by atoms with van der Waals surface area (Å²) in [5.41, 5.74) is 6.23. The molecule has 0 spiro atoms. The van der Waals surface area contributed by atoms with Crippen molar-refractivity contribution in [2.75, 3.05) is 12.3 Å². The molecule has 1 rings (SSSR count). The quantitative estimate of drug-likeness (QED) is 0.850. The van der Waals surface area contributed by atoms with E-state index in [2.05, 4.69) is 52.9 Å². The van der Waals surface area contributed by atoms with Crippen molar-refractivity contribution < 1.29 is 8.95 Å². The van der Waals surface area contributed by atoms with Gasteiger partial charge in [-0.15, -0.1) is 0 Å². The molecule has 0 fully saturated rings. The third-order valence-electron chi connectivity index (χ3n) is 3.82. The highest BCUT2D eigenvalue weighted by molar-refractivity contribution is 6.74. The van der Waals surface area contributed by atoms with Crippen molar-refractivity contribution in [3.05, 3.63) is 11.8 Å². The van der Waals surface area contributed by atoms with Gasteiger partial charge in [-0.05, 0) is 18.1 Å². The van der Waals surface area contributed by atoms with Crippen molar-refractivity contribution in [3.63, 3.8) is 0 Å². The molecule has 1 heterocycles. The molecule has 4 nitrogen and oxygen atoms in total. The van der Waals surface area contributed by atoms with Gasteiger partial charge in [0.05, 0.1) is 5.69 Å². The average molecular weight is 270 g/mol. The highest BCUT2D eigenvalue weighted by Gasteiger charge is 2.39. The first-order chi connectivity index (χ1) is 7.96. The van der Waals surface area contributed by atoms with E-state index in [1.54, 1.807) is 6.07 Å². The second-order valence-corrected chi connectivity index (χ2v) is 11.9. The Bertz CT molecular complexity index is 405. The first kappa shape index (κ1) is 15.2. The predicted molar refractivity (Wildman–Crippen MR) is 77.1 cm³/mol. The molecule has 0 aliphatic carbocycles. The molecular weight excluding hydrogens is 244 g/mol. The lowest BCUT2D eigenvalue weighted by atomic mass is 9.91. The molecule has 1 aromatic heterocycles. The Kier molecular flexibility index (Phi) is 3.98. The molecular formula is C13H26N2O2Si. The van der Waals surface area contributed by atoms with Crippen LogP contribution in [0.15, 0.2) is 10.6 Å². The third-order valence-corrected chi connectivity index (χ3v) is 8.30. The van der Waals surface area contributed by atoms with Crippen LogP contribution >= 0.6 is 0 Å². The number of hydrogen-bond donors (Lipinski definition) is 1. The zero-order valence-corrected chi connectivity index (χ0v) is 13.6. The summed E-state index contributed by atoms with van der Waals surface area (Å²) in [5, 5.41) is 4.20. The summed E-state index contributed by atoms with van der Waals surface area (Å²) in [6, 6.07) is 1.77. The number of anilines is 1. The second-order valence-electron chi connectivity index (χ2n) is 7.05. The van der Waals surface area contributed by atoms with Gasteiger partial charge < -0.3 is 14.7 Å². The Hall–Kier alpha value is -0.813. The summed E-state index contributed by atoms with van der Waals surface area (Å²) >= 11 is 0. The fourth-order valence-corrected chi connectivity index (χ4v) is 2.41. The second kappa shape index (κ2) is 4.70. The minimum atomic E-state index is -1.73. The maximum absolute atomic E-state index is 6.24. The van der Waals surface area contributed by atoms with E-state index >= 15 is 0 Å². The van der Waals surface area contributed by atoms with Crippen molar-refractivity contribution in [3.8, 4) is 0 Å². The van der Waals surface area contributed by atoms with E-state index in [0.717, 1.165) is 5.69 Å². The summed E-state index contributed by atoms with van der Waals surface area (Å²) in [6.07, 6.45) is 0. The SMILES string of the molecule is CC(C)(CO[Si](C)(C)C(C)(C)C)c1cc(N)on1. The predicted octanol–water partition coefficient (Wildman–Crippen LogP) is 3.56. The average Bonchev–Trinajstić information content (AvgIpc) is 2.61. The molecule has 0 bridgehead atoms. The number of nitrogens with zero attached hydrogens (tertiary/aromatic N) is 1. The highest BCUT2D eigenvalue weighted by Crippen LogP contribution is 2.38. The molecule has 0 aliphatic heterocycles. The van der Waals surface area contributed by atoms with Crippen LogP contribution in [0.2, 0.25) is 18.1 Å². The van der Waals surface area contributed by atoms with E-state index < -0.39 is 8.32 Å². The largest absolute Gasteiger partial charge is 0.416 e. The maximum atomic E-state index is 6.24. The van der Waals surface area contributed by atoms with Gasteiger partial charge in [-0.3, -0.25) is 0 Å². The monoisotopic (exact) mass is 270 g/mol. The Morgan fingerprint density at radius 2 is 1.83 bits per heavy atom. The Morgan fingerprint density at radius 3 is 2.22 bits per heavy atom. The highest BCUT2D eigenvalue weighted by atomic mass is 28.4. The first-order valence-electron chi connectivity index (χ1n) is 6.32. The van der Waals surface area contributed by atoms with E-state index in [1.807, 2.05) is 0 Å². The van der Waals surface area contributed by atoms with Crippen molar-refractivity contribution in [2.45, 2.75) is 58.2 Å². The molecule has 0 saturated carbocycles. The first-order valence-corrected chi connectivity index (χ1v) is 9.23. The van der Waals surface area contributed by atoms with Gasteiger partial charge in [0.25, 0.3) is 0 Å². The summed E-state index contributed by atoms with van der Waals surface area (Å²) in [7, 11) is -1.73. The third kappa shape index (κ3) is 3.35. The van der Waals surface area contributed by atoms with Crippen molar-refractivity contribution in [1.29, 1.82) is 0 Å². The fourth-order valence-electron chi connectivity index (χ4n) is 1.26. The number of nitrogen functional groups attached to an aromatic ring is 1. The molecule has 104 valence electrons. The minimum Gasteiger partial charge on any atom is -0.416 e. The summed E-state index contributed by atoms with van der Waals surface area (Å²) in [6.45, 7) is 16.0. The van der Waals surface area contributed by atoms with Crippen molar-refractivity contribution in [1.82, 2.24) is 5.16 Å². The number of rotatable bonds is 4. The molecule has 0 amide bonds. The molecule has 0 saturated heterocycles. The molecule has 5 heteroatoms. The van der Waals surface area contributed by atoms with Crippen molar-refractivity contribution in [2.24, 2.45) is 0 Å². The lowest BCUT2D eigenvalue weighted by Gasteiger charge is -2.38. The van der Waals surface area contributed by atoms with Crippen molar-refractivity contribution >= 4 is 14.2 Å². The standard InChI is InChI=1S/C13H26N2O2Si/c1-12(2,3)18(6,7)16-9-13(4,5)10-8-11(14)17-15-10/h8H,9,14H2,1-7H3.